The van der Waals surface area contributed by atoms with Crippen molar-refractivity contribution in [2.45, 2.75) is 38.9 Å². The Labute approximate surface area is 98.6 Å². The monoisotopic (exact) mass is 240 g/mol. The Morgan fingerprint density at radius 2 is 1.56 bits per heavy atom. The van der Waals surface area contributed by atoms with E-state index in [-0.39, 0.29) is 16.9 Å². The first-order chi connectivity index (χ1) is 7.24. The van der Waals surface area contributed by atoms with Gasteiger partial charge >= 0.3 is 0 Å². The number of rotatable bonds is 3. The van der Waals surface area contributed by atoms with E-state index in [1.54, 1.807) is 6.92 Å². The van der Waals surface area contributed by atoms with Crippen LogP contribution in [0.1, 0.15) is 38.8 Å². The average Bonchev–Trinajstić information content (AvgIpc) is 2.16. The molecule has 0 amide bonds. The van der Waals surface area contributed by atoms with Crippen molar-refractivity contribution in [2.75, 3.05) is 5.75 Å². The van der Waals surface area contributed by atoms with Crippen LogP contribution in [0.15, 0.2) is 24.3 Å². The van der Waals surface area contributed by atoms with Crippen molar-refractivity contribution in [3.05, 3.63) is 35.4 Å². The zero-order valence-electron chi connectivity index (χ0n) is 10.4. The first-order valence-corrected chi connectivity index (χ1v) is 7.36. The second-order valence-corrected chi connectivity index (χ2v) is 7.48. The molecule has 0 heterocycles. The highest BCUT2D eigenvalue weighted by molar-refractivity contribution is 7.90. The summed E-state index contributed by atoms with van der Waals surface area (Å²) in [6, 6.07) is 7.85. The lowest BCUT2D eigenvalue weighted by Crippen LogP contribution is -2.11. The molecule has 0 fully saturated rings. The fraction of sp³-hybridized carbons (Fsp3) is 0.538. The molecule has 2 nitrogen and oxygen atoms in total. The second-order valence-electron chi connectivity index (χ2n) is 5.12. The van der Waals surface area contributed by atoms with Crippen molar-refractivity contribution in [2.24, 2.45) is 0 Å². The van der Waals surface area contributed by atoms with Crippen LogP contribution in [-0.4, -0.2) is 14.2 Å². The van der Waals surface area contributed by atoms with Crippen LogP contribution < -0.4 is 0 Å². The fourth-order valence-corrected chi connectivity index (χ4v) is 2.36. The van der Waals surface area contributed by atoms with Gasteiger partial charge < -0.3 is 0 Å². The molecule has 1 aromatic rings. The maximum absolute atomic E-state index is 11.5. The van der Waals surface area contributed by atoms with Gasteiger partial charge in [-0.3, -0.25) is 0 Å². The lowest BCUT2D eigenvalue weighted by Gasteiger charge is -2.19. The number of benzene rings is 1. The Morgan fingerprint density at radius 1 is 1.06 bits per heavy atom. The van der Waals surface area contributed by atoms with Gasteiger partial charge in [0.15, 0.2) is 9.84 Å². The van der Waals surface area contributed by atoms with E-state index in [0.29, 0.717) is 0 Å². The van der Waals surface area contributed by atoms with Crippen LogP contribution in [0.2, 0.25) is 0 Å². The lowest BCUT2D eigenvalue weighted by atomic mass is 9.87. The Balaban J connectivity index is 2.89. The lowest BCUT2D eigenvalue weighted by molar-refractivity contribution is 0.590. The van der Waals surface area contributed by atoms with Crippen molar-refractivity contribution in [3.8, 4) is 0 Å². The smallest absolute Gasteiger partial charge is 0.154 e. The van der Waals surface area contributed by atoms with Gasteiger partial charge in [-0.05, 0) is 16.5 Å². The van der Waals surface area contributed by atoms with Gasteiger partial charge in [-0.2, -0.15) is 0 Å². The summed E-state index contributed by atoms with van der Waals surface area (Å²) >= 11 is 0. The molecule has 0 bridgehead atoms. The predicted molar refractivity (Wildman–Crippen MR) is 68.3 cm³/mol. The second kappa shape index (κ2) is 4.58. The Hall–Kier alpha value is -0.830. The van der Waals surface area contributed by atoms with Gasteiger partial charge in [0.1, 0.15) is 0 Å². The maximum Gasteiger partial charge on any atom is 0.154 e. The summed E-state index contributed by atoms with van der Waals surface area (Å²) in [5.41, 5.74) is 2.21. The van der Waals surface area contributed by atoms with Gasteiger partial charge in [-0.25, -0.2) is 8.42 Å². The zero-order valence-corrected chi connectivity index (χ0v) is 11.3. The summed E-state index contributed by atoms with van der Waals surface area (Å²) in [5, 5.41) is 0. The first-order valence-electron chi connectivity index (χ1n) is 5.54. The normalized spacial score (nSPS) is 12.8. The molecule has 90 valence electrons. The molecule has 0 N–H and O–H groups in total. The van der Waals surface area contributed by atoms with E-state index >= 15 is 0 Å². The topological polar surface area (TPSA) is 34.1 Å². The predicted octanol–water partition coefficient (Wildman–Crippen LogP) is 2.92. The van der Waals surface area contributed by atoms with Crippen molar-refractivity contribution < 1.29 is 8.42 Å². The molecule has 0 unspecified atom stereocenters. The molecule has 0 aliphatic carbocycles. The summed E-state index contributed by atoms with van der Waals surface area (Å²) in [5.74, 6) is 0.349. The van der Waals surface area contributed by atoms with Gasteiger partial charge in [0.05, 0.1) is 5.75 Å². The van der Waals surface area contributed by atoms with Crippen molar-refractivity contribution >= 4 is 9.84 Å². The molecule has 0 saturated carbocycles. The van der Waals surface area contributed by atoms with E-state index in [1.807, 2.05) is 24.3 Å². The molecule has 1 aromatic carbocycles. The minimum atomic E-state index is -2.92. The van der Waals surface area contributed by atoms with Gasteiger partial charge in [0.25, 0.3) is 0 Å². The SMILES string of the molecule is CCS(=O)(=O)Cc1ccc(C(C)(C)C)cc1. The Bertz CT molecular complexity index is 436. The molecular weight excluding hydrogens is 220 g/mol. The summed E-state index contributed by atoms with van der Waals surface area (Å²) < 4.78 is 22.9. The first kappa shape index (κ1) is 13.2. The maximum atomic E-state index is 11.5. The van der Waals surface area contributed by atoms with E-state index in [9.17, 15) is 8.42 Å². The van der Waals surface area contributed by atoms with E-state index < -0.39 is 9.84 Å². The standard InChI is InChI=1S/C13H20O2S/c1-5-16(14,15)10-11-6-8-12(9-7-11)13(2,3)4/h6-9H,5,10H2,1-4H3. The van der Waals surface area contributed by atoms with Gasteiger partial charge in [0.2, 0.25) is 0 Å². The fourth-order valence-electron chi connectivity index (χ4n) is 1.46. The highest BCUT2D eigenvalue weighted by atomic mass is 32.2. The highest BCUT2D eigenvalue weighted by Crippen LogP contribution is 2.22. The van der Waals surface area contributed by atoms with Gasteiger partial charge in [-0.1, -0.05) is 52.0 Å². The third-order valence-electron chi connectivity index (χ3n) is 2.65. The van der Waals surface area contributed by atoms with Crippen LogP contribution in [0.3, 0.4) is 0 Å². The van der Waals surface area contributed by atoms with Crippen LogP contribution in [0.25, 0.3) is 0 Å². The van der Waals surface area contributed by atoms with E-state index in [4.69, 9.17) is 0 Å². The minimum Gasteiger partial charge on any atom is -0.229 e. The van der Waals surface area contributed by atoms with Crippen molar-refractivity contribution in [3.63, 3.8) is 0 Å². The summed E-state index contributed by atoms with van der Waals surface area (Å²) in [6.45, 7) is 8.11. The zero-order chi connectivity index (χ0) is 12.4. The molecule has 0 radical (unpaired) electrons. The molecule has 0 aliphatic heterocycles. The number of hydrogen-bond acceptors (Lipinski definition) is 2. The summed E-state index contributed by atoms with van der Waals surface area (Å²) in [4.78, 5) is 0. The van der Waals surface area contributed by atoms with Gasteiger partial charge in [0, 0.05) is 5.75 Å². The summed E-state index contributed by atoms with van der Waals surface area (Å²) in [7, 11) is -2.92. The molecule has 0 aliphatic rings. The van der Waals surface area contributed by atoms with Crippen LogP contribution in [-0.2, 0) is 21.0 Å². The largest absolute Gasteiger partial charge is 0.229 e. The molecule has 0 aromatic heterocycles. The Morgan fingerprint density at radius 3 is 1.94 bits per heavy atom. The Kier molecular flexibility index (Phi) is 3.79. The number of sulfone groups is 1. The van der Waals surface area contributed by atoms with Crippen molar-refractivity contribution in [1.29, 1.82) is 0 Å². The summed E-state index contributed by atoms with van der Waals surface area (Å²) in [6.07, 6.45) is 0. The molecule has 0 spiro atoms. The van der Waals surface area contributed by atoms with E-state index in [2.05, 4.69) is 20.8 Å². The van der Waals surface area contributed by atoms with Crippen LogP contribution in [0.4, 0.5) is 0 Å². The van der Waals surface area contributed by atoms with E-state index in [0.717, 1.165) is 5.56 Å². The van der Waals surface area contributed by atoms with Crippen LogP contribution >= 0.6 is 0 Å². The molecule has 3 heteroatoms. The quantitative estimate of drug-likeness (QED) is 0.814. The van der Waals surface area contributed by atoms with E-state index in [1.165, 1.54) is 5.56 Å². The van der Waals surface area contributed by atoms with Crippen LogP contribution in [0, 0.1) is 0 Å². The molecule has 1 rings (SSSR count). The highest BCUT2D eigenvalue weighted by Gasteiger charge is 2.14. The molecule has 16 heavy (non-hydrogen) atoms. The van der Waals surface area contributed by atoms with Crippen molar-refractivity contribution in [1.82, 2.24) is 0 Å². The third kappa shape index (κ3) is 3.63. The van der Waals surface area contributed by atoms with Gasteiger partial charge in [-0.15, -0.1) is 0 Å². The average molecular weight is 240 g/mol. The van der Waals surface area contributed by atoms with Crippen LogP contribution in [0.5, 0.6) is 0 Å². The number of hydrogen-bond donors (Lipinski definition) is 0. The molecule has 0 atom stereocenters. The molecular formula is C13H20O2S. The molecule has 0 saturated heterocycles. The third-order valence-corrected chi connectivity index (χ3v) is 4.30. The minimum absolute atomic E-state index is 0.113.